The minimum Gasteiger partial charge on any atom is -0.477 e. The summed E-state index contributed by atoms with van der Waals surface area (Å²) in [7, 11) is 0. The van der Waals surface area contributed by atoms with Crippen LogP contribution in [-0.4, -0.2) is 27.6 Å². The second-order valence-electron chi connectivity index (χ2n) is 4.45. The lowest BCUT2D eigenvalue weighted by molar-refractivity contribution is 0.0690. The Hall–Kier alpha value is -2.14. The van der Waals surface area contributed by atoms with E-state index in [2.05, 4.69) is 4.98 Å². The Morgan fingerprint density at radius 2 is 2.10 bits per heavy atom. The molecule has 0 saturated carbocycles. The monoisotopic (exact) mass is 285 g/mol. The Bertz CT molecular complexity index is 712. The molecule has 0 unspecified atom stereocenters. The second kappa shape index (κ2) is 5.09. The number of carbonyl (C=O) groups excluding carboxylic acids is 1. The lowest BCUT2D eigenvalue weighted by atomic mass is 10.0. The molecule has 1 aromatic heterocycles. The molecule has 0 fully saturated rings. The molecule has 2 aromatic rings. The van der Waals surface area contributed by atoms with Gasteiger partial charge in [0.2, 0.25) is 0 Å². The number of carboxylic acid groups (broad SMARTS) is 1. The van der Waals surface area contributed by atoms with Crippen LogP contribution in [0, 0.1) is 0 Å². The number of thioether (sulfide) groups is 1. The van der Waals surface area contributed by atoms with Crippen molar-refractivity contribution in [1.29, 1.82) is 0 Å². The van der Waals surface area contributed by atoms with Gasteiger partial charge in [-0.15, -0.1) is 11.8 Å². The molecule has 5 heteroatoms. The van der Waals surface area contributed by atoms with Gasteiger partial charge in [-0.2, -0.15) is 0 Å². The predicted octanol–water partition coefficient (Wildman–Crippen LogP) is 3.13. The van der Waals surface area contributed by atoms with Crippen molar-refractivity contribution in [1.82, 2.24) is 4.98 Å². The van der Waals surface area contributed by atoms with Crippen molar-refractivity contribution >= 4 is 23.5 Å². The summed E-state index contributed by atoms with van der Waals surface area (Å²) in [4.78, 5) is 27.9. The maximum absolute atomic E-state index is 11.9. The molecule has 0 saturated heterocycles. The van der Waals surface area contributed by atoms with Gasteiger partial charge in [-0.3, -0.25) is 4.79 Å². The van der Waals surface area contributed by atoms with Gasteiger partial charge in [0.1, 0.15) is 5.69 Å². The average Bonchev–Trinajstić information content (AvgIpc) is 2.47. The van der Waals surface area contributed by atoms with Gasteiger partial charge in [0, 0.05) is 28.2 Å². The normalized spacial score (nSPS) is 13.9. The Kier molecular flexibility index (Phi) is 3.28. The van der Waals surface area contributed by atoms with Gasteiger partial charge in [0.25, 0.3) is 0 Å². The zero-order valence-electron chi connectivity index (χ0n) is 10.5. The van der Waals surface area contributed by atoms with Gasteiger partial charge in [0.05, 0.1) is 5.69 Å². The number of rotatable bonds is 2. The Balaban J connectivity index is 2.07. The highest BCUT2D eigenvalue weighted by molar-refractivity contribution is 7.99. The summed E-state index contributed by atoms with van der Waals surface area (Å²) >= 11 is 1.67. The molecular weight excluding hydrogens is 274 g/mol. The van der Waals surface area contributed by atoms with E-state index in [9.17, 15) is 9.59 Å². The van der Waals surface area contributed by atoms with Crippen molar-refractivity contribution in [3.05, 3.63) is 47.7 Å². The minimum absolute atomic E-state index is 0.000854. The predicted molar refractivity (Wildman–Crippen MR) is 76.3 cm³/mol. The van der Waals surface area contributed by atoms with Crippen molar-refractivity contribution in [3.8, 4) is 11.3 Å². The summed E-state index contributed by atoms with van der Waals surface area (Å²) in [6.45, 7) is 0. The van der Waals surface area contributed by atoms with Crippen molar-refractivity contribution in [2.45, 2.75) is 11.3 Å². The summed E-state index contributed by atoms with van der Waals surface area (Å²) < 4.78 is 0. The van der Waals surface area contributed by atoms with Crippen LogP contribution in [0.15, 0.2) is 41.3 Å². The van der Waals surface area contributed by atoms with Crippen LogP contribution in [0.5, 0.6) is 0 Å². The molecule has 1 aliphatic rings. The average molecular weight is 285 g/mol. The fourth-order valence-corrected chi connectivity index (χ4v) is 3.14. The highest BCUT2D eigenvalue weighted by Gasteiger charge is 2.18. The van der Waals surface area contributed by atoms with Crippen LogP contribution < -0.4 is 0 Å². The number of Topliss-reactive ketones (excluding diaryl/α,β-unsaturated/α-hetero) is 1. The fourth-order valence-electron chi connectivity index (χ4n) is 2.14. The van der Waals surface area contributed by atoms with Crippen LogP contribution in [0.1, 0.15) is 27.3 Å². The molecule has 1 N–H and O–H groups in total. The summed E-state index contributed by atoms with van der Waals surface area (Å²) in [5.74, 6) is -0.107. The van der Waals surface area contributed by atoms with E-state index in [1.807, 2.05) is 12.1 Å². The number of hydrogen-bond acceptors (Lipinski definition) is 4. The van der Waals surface area contributed by atoms with Gasteiger partial charge in [0.15, 0.2) is 5.78 Å². The zero-order chi connectivity index (χ0) is 14.1. The number of carboxylic acids is 1. The van der Waals surface area contributed by atoms with Crippen LogP contribution in [0.25, 0.3) is 11.3 Å². The third-order valence-electron chi connectivity index (χ3n) is 3.13. The smallest absolute Gasteiger partial charge is 0.354 e. The first-order valence-corrected chi connectivity index (χ1v) is 7.14. The molecule has 0 atom stereocenters. The second-order valence-corrected chi connectivity index (χ2v) is 5.58. The Labute approximate surface area is 119 Å². The first-order valence-electron chi connectivity index (χ1n) is 6.16. The third kappa shape index (κ3) is 2.32. The molecule has 0 radical (unpaired) electrons. The SMILES string of the molecule is O=C(O)c1cccc(-c2ccc3c(c2)C(=O)CCS3)n1. The number of aromatic carboxylic acids is 1. The number of fused-ring (bicyclic) bond motifs is 1. The summed E-state index contributed by atoms with van der Waals surface area (Å²) in [5, 5.41) is 8.97. The van der Waals surface area contributed by atoms with Gasteiger partial charge < -0.3 is 5.11 Å². The maximum atomic E-state index is 11.9. The summed E-state index contributed by atoms with van der Waals surface area (Å²) in [6, 6.07) is 10.4. The van der Waals surface area contributed by atoms with Gasteiger partial charge >= 0.3 is 5.97 Å². The molecule has 3 rings (SSSR count). The van der Waals surface area contributed by atoms with E-state index in [4.69, 9.17) is 5.11 Å². The van der Waals surface area contributed by atoms with Crippen LogP contribution in [0.3, 0.4) is 0 Å². The number of aromatic nitrogens is 1. The molecule has 0 spiro atoms. The number of pyridine rings is 1. The highest BCUT2D eigenvalue weighted by atomic mass is 32.2. The zero-order valence-corrected chi connectivity index (χ0v) is 11.3. The minimum atomic E-state index is -1.06. The van der Waals surface area contributed by atoms with E-state index < -0.39 is 5.97 Å². The van der Waals surface area contributed by atoms with Gasteiger partial charge in [-0.25, -0.2) is 9.78 Å². The third-order valence-corrected chi connectivity index (χ3v) is 4.21. The maximum Gasteiger partial charge on any atom is 0.354 e. The fraction of sp³-hybridized carbons (Fsp3) is 0.133. The Morgan fingerprint density at radius 1 is 1.25 bits per heavy atom. The molecule has 1 aromatic carbocycles. The molecule has 100 valence electrons. The summed E-state index contributed by atoms with van der Waals surface area (Å²) in [6.07, 6.45) is 0.545. The van der Waals surface area contributed by atoms with Crippen molar-refractivity contribution in [3.63, 3.8) is 0 Å². The molecule has 1 aliphatic heterocycles. The molecule has 0 amide bonds. The van der Waals surface area contributed by atoms with Crippen molar-refractivity contribution in [2.24, 2.45) is 0 Å². The molecule has 4 nitrogen and oxygen atoms in total. The Morgan fingerprint density at radius 3 is 2.90 bits per heavy atom. The highest BCUT2D eigenvalue weighted by Crippen LogP contribution is 2.32. The lowest BCUT2D eigenvalue weighted by Crippen LogP contribution is -2.08. The standard InChI is InChI=1S/C15H11NO3S/c17-13-6-7-20-14-5-4-9(8-10(13)14)11-2-1-3-12(16-11)15(18)19/h1-5,8H,6-7H2,(H,18,19). The number of nitrogens with zero attached hydrogens (tertiary/aromatic N) is 1. The van der Waals surface area contributed by atoms with Crippen LogP contribution >= 0.6 is 11.8 Å². The van der Waals surface area contributed by atoms with Gasteiger partial charge in [-0.1, -0.05) is 12.1 Å². The molecule has 2 heterocycles. The van der Waals surface area contributed by atoms with E-state index >= 15 is 0 Å². The summed E-state index contributed by atoms with van der Waals surface area (Å²) in [5.41, 5.74) is 2.04. The first-order chi connectivity index (χ1) is 9.65. The van der Waals surface area contributed by atoms with Gasteiger partial charge in [-0.05, 0) is 24.3 Å². The van der Waals surface area contributed by atoms with Crippen molar-refractivity contribution < 1.29 is 14.7 Å². The molecule has 0 aliphatic carbocycles. The topological polar surface area (TPSA) is 67.3 Å². The van der Waals surface area contributed by atoms with Crippen LogP contribution in [0.4, 0.5) is 0 Å². The van der Waals surface area contributed by atoms with Crippen molar-refractivity contribution in [2.75, 3.05) is 5.75 Å². The first kappa shape index (κ1) is 12.9. The number of hydrogen-bond donors (Lipinski definition) is 1. The van der Waals surface area contributed by atoms with E-state index in [0.29, 0.717) is 17.7 Å². The number of benzene rings is 1. The van der Waals surface area contributed by atoms with E-state index in [1.54, 1.807) is 30.0 Å². The van der Waals surface area contributed by atoms with E-state index in [0.717, 1.165) is 16.2 Å². The number of ketones is 1. The van der Waals surface area contributed by atoms with E-state index in [-0.39, 0.29) is 11.5 Å². The molecule has 0 bridgehead atoms. The van der Waals surface area contributed by atoms with Crippen LogP contribution in [-0.2, 0) is 0 Å². The van der Waals surface area contributed by atoms with Crippen LogP contribution in [0.2, 0.25) is 0 Å². The lowest BCUT2D eigenvalue weighted by Gasteiger charge is -2.15. The van der Waals surface area contributed by atoms with E-state index in [1.165, 1.54) is 6.07 Å². The molecule has 20 heavy (non-hydrogen) atoms. The molecular formula is C15H11NO3S. The largest absolute Gasteiger partial charge is 0.477 e. The quantitative estimate of drug-likeness (QED) is 0.918. The number of carbonyl (C=O) groups is 2.